The number of methoxy groups -OCH3 is 1. The number of benzene rings is 1. The van der Waals surface area contributed by atoms with Gasteiger partial charge in [-0.05, 0) is 73.5 Å². The molecule has 1 aromatic rings. The number of cyclic esters (lactones) is 1. The van der Waals surface area contributed by atoms with Crippen LogP contribution >= 0.6 is 0 Å². The number of likely N-dealkylation sites (N-methyl/N-ethyl adjacent to an activating group) is 5. The number of esters is 2. The minimum atomic E-state index is -1.46. The minimum Gasteiger partial charge on any atom is -0.497 e. The Bertz CT molecular complexity index is 2420. The number of amides is 9. The largest absolute Gasteiger partial charge is 0.497 e. The zero-order valence-corrected chi connectivity index (χ0v) is 51.9. The van der Waals surface area contributed by atoms with Crippen LogP contribution in [0.1, 0.15) is 127 Å². The third kappa shape index (κ3) is 17.6. The van der Waals surface area contributed by atoms with E-state index in [0.717, 1.165) is 9.80 Å². The van der Waals surface area contributed by atoms with Crippen molar-refractivity contribution in [1.29, 1.82) is 0 Å². The van der Waals surface area contributed by atoms with Gasteiger partial charge < -0.3 is 59.6 Å². The maximum atomic E-state index is 15.0. The summed E-state index contributed by atoms with van der Waals surface area (Å²) in [6.45, 7) is 19.3. The van der Waals surface area contributed by atoms with Gasteiger partial charge in [-0.2, -0.15) is 0 Å². The van der Waals surface area contributed by atoms with E-state index in [1.165, 1.54) is 75.8 Å². The highest BCUT2D eigenvalue weighted by Gasteiger charge is 2.45. The molecule has 3 rings (SSSR count). The maximum absolute atomic E-state index is 15.0. The molecular formula is C59H95N9O14. The van der Waals surface area contributed by atoms with Crippen LogP contribution in [0.4, 0.5) is 0 Å². The van der Waals surface area contributed by atoms with Crippen molar-refractivity contribution in [1.82, 2.24) is 45.3 Å². The van der Waals surface area contributed by atoms with Crippen LogP contribution in [0.15, 0.2) is 24.3 Å². The summed E-state index contributed by atoms with van der Waals surface area (Å²) in [6.07, 6.45) is 0.333. The van der Waals surface area contributed by atoms with Crippen molar-refractivity contribution in [3.05, 3.63) is 29.8 Å². The number of piperidine rings is 1. The van der Waals surface area contributed by atoms with Crippen molar-refractivity contribution in [2.45, 2.75) is 182 Å². The molecule has 0 bridgehead atoms. The van der Waals surface area contributed by atoms with Gasteiger partial charge >= 0.3 is 11.9 Å². The Kier molecular flexibility index (Phi) is 26.7. The van der Waals surface area contributed by atoms with E-state index in [1.54, 1.807) is 79.7 Å². The molecule has 9 amide bonds. The molecule has 23 nitrogen and oxygen atoms in total. The van der Waals surface area contributed by atoms with Crippen LogP contribution in [0.2, 0.25) is 0 Å². The molecule has 0 radical (unpaired) electrons. The predicted molar refractivity (Wildman–Crippen MR) is 306 cm³/mol. The summed E-state index contributed by atoms with van der Waals surface area (Å²) in [7, 11) is 8.58. The summed E-state index contributed by atoms with van der Waals surface area (Å²) < 4.78 is 16.5. The van der Waals surface area contributed by atoms with Crippen molar-refractivity contribution in [2.75, 3.05) is 62.0 Å². The van der Waals surface area contributed by atoms with Gasteiger partial charge in [-0.3, -0.25) is 47.9 Å². The summed E-state index contributed by atoms with van der Waals surface area (Å²) in [5, 5.41) is 8.31. The first-order chi connectivity index (χ1) is 38.4. The van der Waals surface area contributed by atoms with Crippen LogP contribution in [-0.4, -0.2) is 211 Å². The van der Waals surface area contributed by atoms with Crippen LogP contribution < -0.4 is 20.7 Å². The van der Waals surface area contributed by atoms with E-state index in [4.69, 9.17) is 14.2 Å². The first kappa shape index (κ1) is 69.5. The van der Waals surface area contributed by atoms with Crippen LogP contribution in [0.25, 0.3) is 0 Å². The molecule has 0 aliphatic carbocycles. The summed E-state index contributed by atoms with van der Waals surface area (Å²) in [6, 6.07) is -3.11. The number of fused-ring (bicyclic) bond motifs is 1. The highest BCUT2D eigenvalue weighted by atomic mass is 16.6. The van der Waals surface area contributed by atoms with Crippen molar-refractivity contribution in [3.63, 3.8) is 0 Å². The van der Waals surface area contributed by atoms with Gasteiger partial charge in [-0.1, -0.05) is 94.2 Å². The highest BCUT2D eigenvalue weighted by Crippen LogP contribution is 2.26. The van der Waals surface area contributed by atoms with E-state index < -0.39 is 156 Å². The lowest BCUT2D eigenvalue weighted by Crippen LogP contribution is -2.63. The van der Waals surface area contributed by atoms with E-state index in [2.05, 4.69) is 16.0 Å². The second-order valence-corrected chi connectivity index (χ2v) is 23.2. The Morgan fingerprint density at radius 1 is 0.634 bits per heavy atom. The number of carbonyl (C=O) groups excluding carboxylic acids is 11. The lowest BCUT2D eigenvalue weighted by molar-refractivity contribution is -0.165. The fourth-order valence-corrected chi connectivity index (χ4v) is 10.9. The molecule has 1 aromatic carbocycles. The molecule has 2 fully saturated rings. The molecule has 2 unspecified atom stereocenters. The van der Waals surface area contributed by atoms with Crippen molar-refractivity contribution < 1.29 is 67.0 Å². The second kappa shape index (κ2) is 31.6. The Morgan fingerprint density at radius 2 is 1.17 bits per heavy atom. The second-order valence-electron chi connectivity index (χ2n) is 23.2. The quantitative estimate of drug-likeness (QED) is 0.240. The van der Waals surface area contributed by atoms with Crippen LogP contribution in [0.5, 0.6) is 5.75 Å². The topological polar surface area (TPSA) is 271 Å². The molecular weight excluding hydrogens is 1060 g/mol. The van der Waals surface area contributed by atoms with Crippen LogP contribution in [0.3, 0.4) is 0 Å². The summed E-state index contributed by atoms with van der Waals surface area (Å²) in [4.78, 5) is 166. The fourth-order valence-electron chi connectivity index (χ4n) is 10.9. The van der Waals surface area contributed by atoms with Gasteiger partial charge in [-0.25, -0.2) is 4.79 Å². The van der Waals surface area contributed by atoms with Crippen molar-refractivity contribution in [2.24, 2.45) is 29.6 Å². The van der Waals surface area contributed by atoms with Gasteiger partial charge in [0.2, 0.25) is 47.3 Å². The Hall–Kier alpha value is -6.81. The lowest BCUT2D eigenvalue weighted by atomic mass is 9.92. The van der Waals surface area contributed by atoms with Gasteiger partial charge in [0.05, 0.1) is 20.3 Å². The number of rotatable bonds is 13. The summed E-state index contributed by atoms with van der Waals surface area (Å²) >= 11 is 0. The SMILES string of the molecule is CCC(C)[C@H]1C(=O)NCC(=O)N(C)[C@@H](C(C)C)C(=O)N[C@@H](Cc2ccc(OC)cc2)C(=O)O[C@H](C)C(=O)N2CCCC[C@H]2C(=O)N(C)[C@@H](C(C)C)C(=O)N[C@@H](C(C)C)C(=O)N(C)[C@@H](CCOC(C)=O)C(=O)N(C)[C@@H](C(C)CC)C(=O)N1C. The third-order valence-electron chi connectivity index (χ3n) is 16.1. The molecule has 460 valence electrons. The van der Waals surface area contributed by atoms with E-state index in [9.17, 15) is 43.2 Å². The van der Waals surface area contributed by atoms with Gasteiger partial charge in [0, 0.05) is 61.5 Å². The number of carbonyl (C=O) groups is 11. The molecule has 23 heteroatoms. The number of nitrogens with one attached hydrogen (secondary N) is 3. The molecule has 2 aliphatic rings. The number of nitrogens with zero attached hydrogens (tertiary/aromatic N) is 6. The maximum Gasteiger partial charge on any atom is 0.329 e. The smallest absolute Gasteiger partial charge is 0.329 e. The lowest BCUT2D eigenvalue weighted by Gasteiger charge is -2.41. The molecule has 2 aliphatic heterocycles. The van der Waals surface area contributed by atoms with E-state index in [0.29, 0.717) is 37.0 Å². The monoisotopic (exact) mass is 1150 g/mol. The molecule has 0 saturated carbocycles. The van der Waals surface area contributed by atoms with E-state index in [1.807, 2.05) is 13.8 Å². The summed E-state index contributed by atoms with van der Waals surface area (Å²) in [5.74, 6) is -9.77. The minimum absolute atomic E-state index is 0.108. The standard InChI is InChI=1S/C59H95N9O14/c1-19-36(9)49-51(71)60-32-45(70)64(14)47(34(5)6)52(72)61-42(31-40-24-26-41(80-18)27-25-40)59(79)82-38(11)54(74)68-29-22-21-23-44(68)56(76)65(15)48(35(7)8)53(73)62-46(33(3)4)57(77)63(13)43(28-30-81-39(12)69)55(75)67(17)50(37(10)20-2)58(78)66(49)16/h24-27,33-38,42-44,46-50H,19-23,28-32H2,1-18H3,(H,60,71)(H,61,72)(H,62,73)/t36?,37?,38-,42+,43+,44+,46+,47+,48+,49+,50+/m1/s1. The molecule has 2 heterocycles. The predicted octanol–water partition coefficient (Wildman–Crippen LogP) is 2.80. The molecule has 0 aromatic heterocycles. The van der Waals surface area contributed by atoms with Crippen LogP contribution in [-0.2, 0) is 68.6 Å². The molecule has 82 heavy (non-hydrogen) atoms. The fraction of sp³-hybridized carbons (Fsp3) is 0.712. The number of ether oxygens (including phenoxy) is 3. The molecule has 2 saturated heterocycles. The Morgan fingerprint density at radius 3 is 1.71 bits per heavy atom. The summed E-state index contributed by atoms with van der Waals surface area (Å²) in [5.41, 5.74) is 0.588. The average molecular weight is 1150 g/mol. The van der Waals surface area contributed by atoms with Crippen LogP contribution in [0, 0.1) is 29.6 Å². The Balaban J connectivity index is 2.28. The molecule has 0 spiro atoms. The number of hydrogen-bond acceptors (Lipinski definition) is 14. The average Bonchev–Trinajstić information content (AvgIpc) is 3.59. The van der Waals surface area contributed by atoms with Gasteiger partial charge in [-0.15, -0.1) is 0 Å². The van der Waals surface area contributed by atoms with E-state index in [-0.39, 0.29) is 32.4 Å². The molecule has 3 N–H and O–H groups in total. The van der Waals surface area contributed by atoms with E-state index >= 15 is 9.59 Å². The van der Waals surface area contributed by atoms with Gasteiger partial charge in [0.25, 0.3) is 5.91 Å². The molecule has 11 atom stereocenters. The Labute approximate surface area is 485 Å². The van der Waals surface area contributed by atoms with Gasteiger partial charge in [0.15, 0.2) is 6.10 Å². The zero-order valence-electron chi connectivity index (χ0n) is 51.9. The van der Waals surface area contributed by atoms with Gasteiger partial charge in [0.1, 0.15) is 54.1 Å². The normalized spacial score (nSPS) is 26.3. The van der Waals surface area contributed by atoms with Crippen molar-refractivity contribution in [3.8, 4) is 5.75 Å². The first-order valence-electron chi connectivity index (χ1n) is 28.9. The third-order valence-corrected chi connectivity index (χ3v) is 16.1. The number of hydrogen-bond donors (Lipinski definition) is 3. The van der Waals surface area contributed by atoms with Crippen molar-refractivity contribution >= 4 is 65.1 Å². The first-order valence-corrected chi connectivity index (χ1v) is 28.9. The highest BCUT2D eigenvalue weighted by molar-refractivity contribution is 5.99. The zero-order chi connectivity index (χ0) is 62.2.